The van der Waals surface area contributed by atoms with E-state index in [4.69, 9.17) is 4.74 Å². The van der Waals surface area contributed by atoms with Crippen LogP contribution in [0.2, 0.25) is 0 Å². The molecule has 0 heterocycles. The van der Waals surface area contributed by atoms with E-state index in [1.807, 2.05) is 0 Å². The summed E-state index contributed by atoms with van der Waals surface area (Å²) < 4.78 is 41.4. The molecule has 1 rings (SSSR count). The van der Waals surface area contributed by atoms with Gasteiger partial charge in [-0.3, -0.25) is 0 Å². The van der Waals surface area contributed by atoms with Gasteiger partial charge in [-0.2, -0.15) is 13.2 Å². The van der Waals surface area contributed by atoms with Gasteiger partial charge < -0.3 is 10.1 Å². The molecule has 0 aromatic carbocycles. The summed E-state index contributed by atoms with van der Waals surface area (Å²) in [5, 5.41) is 3.38. The first-order valence-corrected chi connectivity index (χ1v) is 7.18. The normalized spacial score (nSPS) is 19.9. The van der Waals surface area contributed by atoms with Gasteiger partial charge in [0.15, 0.2) is 0 Å². The van der Waals surface area contributed by atoms with Crippen LogP contribution in [0.5, 0.6) is 0 Å². The molecule has 0 saturated heterocycles. The highest BCUT2D eigenvalue weighted by atomic mass is 19.4. The molecular weight excluding hydrogens is 255 g/mol. The second-order valence-corrected chi connectivity index (χ2v) is 6.19. The van der Waals surface area contributed by atoms with Gasteiger partial charge in [0.25, 0.3) is 0 Å². The molecule has 0 spiro atoms. The Hall–Kier alpha value is -0.290. The number of nitrogens with one attached hydrogen (secondary N) is 1. The maximum absolute atomic E-state index is 12.2. The molecule has 1 saturated carbocycles. The van der Waals surface area contributed by atoms with Gasteiger partial charge in [0.2, 0.25) is 0 Å². The Morgan fingerprint density at radius 2 is 1.79 bits per heavy atom. The summed E-state index contributed by atoms with van der Waals surface area (Å²) in [5.41, 5.74) is -0.0988. The highest BCUT2D eigenvalue weighted by Crippen LogP contribution is 2.36. The van der Waals surface area contributed by atoms with Crippen molar-refractivity contribution in [2.75, 3.05) is 26.3 Å². The van der Waals surface area contributed by atoms with Gasteiger partial charge in [-0.15, -0.1) is 0 Å². The Labute approximate surface area is 114 Å². The molecule has 0 radical (unpaired) electrons. The number of alkyl halides is 3. The van der Waals surface area contributed by atoms with E-state index in [9.17, 15) is 13.2 Å². The second kappa shape index (κ2) is 7.48. The Kier molecular flexibility index (Phi) is 6.60. The van der Waals surface area contributed by atoms with E-state index in [-0.39, 0.29) is 12.0 Å². The maximum atomic E-state index is 12.2. The number of hydrogen-bond acceptors (Lipinski definition) is 2. The van der Waals surface area contributed by atoms with Gasteiger partial charge in [-0.25, -0.2) is 0 Å². The number of halogens is 3. The Bertz CT molecular complexity index is 248. The topological polar surface area (TPSA) is 21.3 Å². The third-order valence-electron chi connectivity index (χ3n) is 3.64. The maximum Gasteiger partial charge on any atom is 0.411 e. The van der Waals surface area contributed by atoms with Crippen molar-refractivity contribution in [2.45, 2.75) is 52.1 Å². The predicted octanol–water partition coefficient (Wildman–Crippen LogP) is 3.76. The van der Waals surface area contributed by atoms with Crippen molar-refractivity contribution in [3.63, 3.8) is 0 Å². The first-order valence-electron chi connectivity index (χ1n) is 7.18. The van der Waals surface area contributed by atoms with Gasteiger partial charge in [-0.05, 0) is 25.3 Å². The Morgan fingerprint density at radius 3 is 2.32 bits per heavy atom. The quantitative estimate of drug-likeness (QED) is 0.767. The molecule has 1 N–H and O–H groups in total. The smallest absolute Gasteiger partial charge is 0.371 e. The van der Waals surface area contributed by atoms with Crippen LogP contribution in [0.25, 0.3) is 0 Å². The van der Waals surface area contributed by atoms with E-state index in [2.05, 4.69) is 19.2 Å². The molecule has 5 heteroatoms. The Morgan fingerprint density at radius 1 is 1.16 bits per heavy atom. The van der Waals surface area contributed by atoms with E-state index in [1.54, 1.807) is 0 Å². The zero-order valence-electron chi connectivity index (χ0n) is 12.0. The zero-order chi connectivity index (χ0) is 14.4. The third kappa shape index (κ3) is 7.16. The van der Waals surface area contributed by atoms with Crippen molar-refractivity contribution in [3.05, 3.63) is 0 Å². The van der Waals surface area contributed by atoms with Crippen LogP contribution in [-0.2, 0) is 4.74 Å². The molecule has 0 unspecified atom stereocenters. The first-order chi connectivity index (χ1) is 8.83. The molecule has 2 nitrogen and oxygen atoms in total. The molecule has 0 aromatic heterocycles. The molecule has 1 fully saturated rings. The second-order valence-electron chi connectivity index (χ2n) is 6.19. The minimum Gasteiger partial charge on any atom is -0.371 e. The average Bonchev–Trinajstić information content (AvgIpc) is 2.28. The predicted molar refractivity (Wildman–Crippen MR) is 70.1 cm³/mol. The van der Waals surface area contributed by atoms with Gasteiger partial charge in [0.05, 0.1) is 6.61 Å². The van der Waals surface area contributed by atoms with Crippen LogP contribution < -0.4 is 5.32 Å². The molecule has 0 atom stereocenters. The van der Waals surface area contributed by atoms with Crippen LogP contribution in [0.15, 0.2) is 0 Å². The average molecular weight is 281 g/mol. The lowest BCUT2D eigenvalue weighted by atomic mass is 9.74. The van der Waals surface area contributed by atoms with Crippen molar-refractivity contribution in [3.8, 4) is 0 Å². The molecule has 1 aliphatic carbocycles. The van der Waals surface area contributed by atoms with Crippen molar-refractivity contribution in [1.82, 2.24) is 5.32 Å². The minimum absolute atomic E-state index is 0.0988. The SMILES string of the molecule is CC(C)CNCC1(COCC(F)(F)F)CCCCC1. The zero-order valence-corrected chi connectivity index (χ0v) is 12.0. The third-order valence-corrected chi connectivity index (χ3v) is 3.64. The molecule has 0 aromatic rings. The monoisotopic (exact) mass is 281 g/mol. The number of hydrogen-bond donors (Lipinski definition) is 1. The van der Waals surface area contributed by atoms with Crippen LogP contribution in [0.4, 0.5) is 13.2 Å². The lowest BCUT2D eigenvalue weighted by Gasteiger charge is -2.37. The fraction of sp³-hybridized carbons (Fsp3) is 1.00. The van der Waals surface area contributed by atoms with Crippen LogP contribution in [0.1, 0.15) is 46.0 Å². The van der Waals surface area contributed by atoms with Crippen molar-refractivity contribution >= 4 is 0 Å². The molecule has 0 bridgehead atoms. The van der Waals surface area contributed by atoms with E-state index in [1.165, 1.54) is 6.42 Å². The fourth-order valence-electron chi connectivity index (χ4n) is 2.68. The lowest BCUT2D eigenvalue weighted by Crippen LogP contribution is -2.41. The van der Waals surface area contributed by atoms with Gasteiger partial charge in [0, 0.05) is 12.0 Å². The first kappa shape index (κ1) is 16.8. The summed E-state index contributed by atoms with van der Waals surface area (Å²) in [7, 11) is 0. The van der Waals surface area contributed by atoms with Crippen LogP contribution in [0, 0.1) is 11.3 Å². The van der Waals surface area contributed by atoms with E-state index in [0.29, 0.717) is 5.92 Å². The summed E-state index contributed by atoms with van der Waals surface area (Å²) in [6.45, 7) is 5.02. The molecule has 0 amide bonds. The summed E-state index contributed by atoms with van der Waals surface area (Å²) in [6.07, 6.45) is 1.09. The molecular formula is C14H26F3NO. The van der Waals surface area contributed by atoms with Gasteiger partial charge in [-0.1, -0.05) is 33.1 Å². The van der Waals surface area contributed by atoms with Crippen LogP contribution >= 0.6 is 0 Å². The number of rotatable bonds is 7. The molecule has 114 valence electrons. The molecule has 0 aliphatic heterocycles. The molecule has 1 aliphatic rings. The molecule has 19 heavy (non-hydrogen) atoms. The lowest BCUT2D eigenvalue weighted by molar-refractivity contribution is -0.182. The van der Waals surface area contributed by atoms with Gasteiger partial charge in [0.1, 0.15) is 6.61 Å². The minimum atomic E-state index is -4.22. The summed E-state index contributed by atoms with van der Waals surface area (Å²) in [4.78, 5) is 0. The fourth-order valence-corrected chi connectivity index (χ4v) is 2.68. The van der Waals surface area contributed by atoms with Gasteiger partial charge >= 0.3 is 6.18 Å². The largest absolute Gasteiger partial charge is 0.411 e. The number of ether oxygens (including phenoxy) is 1. The van der Waals surface area contributed by atoms with E-state index >= 15 is 0 Å². The van der Waals surface area contributed by atoms with Crippen LogP contribution in [-0.4, -0.2) is 32.5 Å². The van der Waals surface area contributed by atoms with E-state index < -0.39 is 12.8 Å². The highest BCUT2D eigenvalue weighted by Gasteiger charge is 2.34. The standard InChI is InChI=1S/C14H26F3NO/c1-12(2)8-18-9-13(6-4-3-5-7-13)10-19-11-14(15,16)17/h12,18H,3-11H2,1-2H3. The van der Waals surface area contributed by atoms with Crippen molar-refractivity contribution in [1.29, 1.82) is 0 Å². The van der Waals surface area contributed by atoms with Crippen LogP contribution in [0.3, 0.4) is 0 Å². The van der Waals surface area contributed by atoms with Crippen molar-refractivity contribution in [2.24, 2.45) is 11.3 Å². The van der Waals surface area contributed by atoms with E-state index in [0.717, 1.165) is 38.8 Å². The Balaban J connectivity index is 2.40. The highest BCUT2D eigenvalue weighted by molar-refractivity contribution is 4.85. The summed E-state index contributed by atoms with van der Waals surface area (Å²) in [6, 6.07) is 0. The summed E-state index contributed by atoms with van der Waals surface area (Å²) in [5.74, 6) is 0.553. The van der Waals surface area contributed by atoms with Crippen molar-refractivity contribution < 1.29 is 17.9 Å². The summed E-state index contributed by atoms with van der Waals surface area (Å²) >= 11 is 0.